The van der Waals surface area contributed by atoms with E-state index in [1.54, 1.807) is 0 Å². The molecule has 0 aliphatic rings. The van der Waals surface area contributed by atoms with Crippen LogP contribution < -0.4 is 5.32 Å². The van der Waals surface area contributed by atoms with Gasteiger partial charge < -0.3 is 15.2 Å². The number of ether oxygens (including phenoxy) is 1. The van der Waals surface area contributed by atoms with E-state index in [-0.39, 0.29) is 0 Å². The fourth-order valence-electron chi connectivity index (χ4n) is 1.08. The van der Waals surface area contributed by atoms with Crippen LogP contribution in [0.5, 0.6) is 0 Å². The number of carbonyl (C=O) groups is 1. The number of hydrogen-bond donors (Lipinski definition) is 2. The summed E-state index contributed by atoms with van der Waals surface area (Å²) in [6, 6.07) is -0.479. The van der Waals surface area contributed by atoms with E-state index in [4.69, 9.17) is 9.84 Å². The van der Waals surface area contributed by atoms with E-state index < -0.39 is 12.0 Å². The van der Waals surface area contributed by atoms with Crippen LogP contribution in [0.3, 0.4) is 0 Å². The Morgan fingerprint density at radius 1 is 1.50 bits per heavy atom. The van der Waals surface area contributed by atoms with Gasteiger partial charge in [-0.1, -0.05) is 20.8 Å². The van der Waals surface area contributed by atoms with Crippen LogP contribution in [0.4, 0.5) is 0 Å². The standard InChI is InChI=1S/C10H21NO3/c1-4-11-9(10(12)13)5-6-14-7-8(2)3/h8-9,11H,4-7H2,1-3H3,(H,12,13)/t9-/m0/s1. The summed E-state index contributed by atoms with van der Waals surface area (Å²) >= 11 is 0. The zero-order valence-electron chi connectivity index (χ0n) is 9.25. The smallest absolute Gasteiger partial charge is 0.320 e. The summed E-state index contributed by atoms with van der Waals surface area (Å²) in [5, 5.41) is 11.7. The molecule has 0 saturated heterocycles. The number of rotatable bonds is 8. The summed E-state index contributed by atoms with van der Waals surface area (Å²) in [6.07, 6.45) is 0.524. The van der Waals surface area contributed by atoms with Gasteiger partial charge in [0.25, 0.3) is 0 Å². The lowest BCUT2D eigenvalue weighted by Crippen LogP contribution is -2.37. The van der Waals surface area contributed by atoms with Crippen LogP contribution in [0.25, 0.3) is 0 Å². The average Bonchev–Trinajstić information content (AvgIpc) is 2.09. The van der Waals surface area contributed by atoms with Crippen LogP contribution in [0.2, 0.25) is 0 Å². The maximum Gasteiger partial charge on any atom is 0.320 e. The maximum atomic E-state index is 10.7. The first-order valence-corrected chi connectivity index (χ1v) is 5.11. The van der Waals surface area contributed by atoms with Crippen molar-refractivity contribution in [1.82, 2.24) is 5.32 Å². The number of carboxylic acid groups (broad SMARTS) is 1. The van der Waals surface area contributed by atoms with Crippen LogP contribution in [0.15, 0.2) is 0 Å². The molecule has 14 heavy (non-hydrogen) atoms. The van der Waals surface area contributed by atoms with Gasteiger partial charge in [-0.3, -0.25) is 4.79 Å². The monoisotopic (exact) mass is 203 g/mol. The Kier molecular flexibility index (Phi) is 7.42. The number of likely N-dealkylation sites (N-methyl/N-ethyl adjacent to an activating group) is 1. The van der Waals surface area contributed by atoms with Gasteiger partial charge in [-0.2, -0.15) is 0 Å². The summed E-state index contributed by atoms with van der Waals surface area (Å²) in [5.74, 6) is -0.308. The zero-order chi connectivity index (χ0) is 11.0. The Hall–Kier alpha value is -0.610. The number of hydrogen-bond acceptors (Lipinski definition) is 3. The highest BCUT2D eigenvalue weighted by molar-refractivity contribution is 5.73. The van der Waals surface area contributed by atoms with Gasteiger partial charge >= 0.3 is 5.97 Å². The molecule has 0 heterocycles. The molecular weight excluding hydrogens is 182 g/mol. The van der Waals surface area contributed by atoms with Crippen LogP contribution in [0.1, 0.15) is 27.2 Å². The van der Waals surface area contributed by atoms with Crippen molar-refractivity contribution in [2.45, 2.75) is 33.2 Å². The molecule has 0 fully saturated rings. The van der Waals surface area contributed by atoms with Crippen molar-refractivity contribution >= 4 is 5.97 Å². The predicted octanol–water partition coefficient (Wildman–Crippen LogP) is 1.11. The van der Waals surface area contributed by atoms with Crippen LogP contribution in [-0.4, -0.2) is 36.9 Å². The highest BCUT2D eigenvalue weighted by Crippen LogP contribution is 1.97. The molecule has 0 aromatic heterocycles. The van der Waals surface area contributed by atoms with Gasteiger partial charge in [0.15, 0.2) is 0 Å². The predicted molar refractivity (Wildman–Crippen MR) is 55.4 cm³/mol. The highest BCUT2D eigenvalue weighted by atomic mass is 16.5. The van der Waals surface area contributed by atoms with Crippen molar-refractivity contribution in [3.05, 3.63) is 0 Å². The Morgan fingerprint density at radius 2 is 2.14 bits per heavy atom. The van der Waals surface area contributed by atoms with Crippen molar-refractivity contribution in [3.63, 3.8) is 0 Å². The zero-order valence-corrected chi connectivity index (χ0v) is 9.25. The van der Waals surface area contributed by atoms with E-state index in [9.17, 15) is 4.79 Å². The number of nitrogens with one attached hydrogen (secondary N) is 1. The molecule has 4 heteroatoms. The lowest BCUT2D eigenvalue weighted by molar-refractivity contribution is -0.140. The molecule has 0 aromatic carbocycles. The van der Waals surface area contributed by atoms with E-state index in [2.05, 4.69) is 19.2 Å². The molecule has 0 saturated carbocycles. The third-order valence-electron chi connectivity index (χ3n) is 1.75. The molecular formula is C10H21NO3. The van der Waals surface area contributed by atoms with Gasteiger partial charge in [0.1, 0.15) is 6.04 Å². The topological polar surface area (TPSA) is 58.6 Å². The van der Waals surface area contributed by atoms with Crippen LogP contribution >= 0.6 is 0 Å². The SMILES string of the molecule is CCN[C@@H](CCOCC(C)C)C(=O)O. The first kappa shape index (κ1) is 13.4. The molecule has 0 radical (unpaired) electrons. The molecule has 0 aliphatic carbocycles. The van der Waals surface area contributed by atoms with Crippen LogP contribution in [-0.2, 0) is 9.53 Å². The highest BCUT2D eigenvalue weighted by Gasteiger charge is 2.14. The molecule has 0 amide bonds. The van der Waals surface area contributed by atoms with Crippen molar-refractivity contribution in [3.8, 4) is 0 Å². The van der Waals surface area contributed by atoms with Gasteiger partial charge in [-0.25, -0.2) is 0 Å². The molecule has 1 atom stereocenters. The second kappa shape index (κ2) is 7.76. The largest absolute Gasteiger partial charge is 0.480 e. The van der Waals surface area contributed by atoms with E-state index in [1.165, 1.54) is 0 Å². The van der Waals surface area contributed by atoms with E-state index in [0.717, 1.165) is 0 Å². The summed E-state index contributed by atoms with van der Waals surface area (Å²) in [5.41, 5.74) is 0. The van der Waals surface area contributed by atoms with Gasteiger partial charge in [-0.05, 0) is 18.9 Å². The van der Waals surface area contributed by atoms with Crippen molar-refractivity contribution in [1.29, 1.82) is 0 Å². The first-order valence-electron chi connectivity index (χ1n) is 5.11. The molecule has 0 aromatic rings. The molecule has 0 rings (SSSR count). The molecule has 4 nitrogen and oxygen atoms in total. The third-order valence-corrected chi connectivity index (χ3v) is 1.75. The minimum atomic E-state index is -0.806. The average molecular weight is 203 g/mol. The molecule has 0 unspecified atom stereocenters. The molecule has 0 spiro atoms. The Balaban J connectivity index is 3.56. The Morgan fingerprint density at radius 3 is 2.57 bits per heavy atom. The fourth-order valence-corrected chi connectivity index (χ4v) is 1.08. The summed E-state index contributed by atoms with van der Waals surface area (Å²) in [4.78, 5) is 10.7. The normalized spacial score (nSPS) is 13.1. The fraction of sp³-hybridized carbons (Fsp3) is 0.900. The van der Waals surface area contributed by atoms with Gasteiger partial charge in [0, 0.05) is 13.2 Å². The molecule has 0 bridgehead atoms. The summed E-state index contributed by atoms with van der Waals surface area (Å²) < 4.78 is 5.32. The second-order valence-corrected chi connectivity index (χ2v) is 3.71. The van der Waals surface area contributed by atoms with Gasteiger partial charge in [-0.15, -0.1) is 0 Å². The second-order valence-electron chi connectivity index (χ2n) is 3.71. The molecule has 2 N–H and O–H groups in total. The van der Waals surface area contributed by atoms with Crippen molar-refractivity contribution < 1.29 is 14.6 Å². The van der Waals surface area contributed by atoms with E-state index >= 15 is 0 Å². The number of carboxylic acids is 1. The van der Waals surface area contributed by atoms with E-state index in [1.807, 2.05) is 6.92 Å². The summed E-state index contributed by atoms with van der Waals surface area (Å²) in [6.45, 7) is 7.89. The van der Waals surface area contributed by atoms with Crippen molar-refractivity contribution in [2.75, 3.05) is 19.8 Å². The molecule has 84 valence electrons. The van der Waals surface area contributed by atoms with E-state index in [0.29, 0.717) is 32.1 Å². The lowest BCUT2D eigenvalue weighted by Gasteiger charge is -2.13. The minimum absolute atomic E-state index is 0.479. The van der Waals surface area contributed by atoms with Crippen LogP contribution in [0, 0.1) is 5.92 Å². The quantitative estimate of drug-likeness (QED) is 0.580. The Bertz CT molecular complexity index is 159. The lowest BCUT2D eigenvalue weighted by atomic mass is 10.2. The Labute approximate surface area is 85.6 Å². The first-order chi connectivity index (χ1) is 6.57. The van der Waals surface area contributed by atoms with Crippen molar-refractivity contribution in [2.24, 2.45) is 5.92 Å². The van der Waals surface area contributed by atoms with Gasteiger partial charge in [0.2, 0.25) is 0 Å². The van der Waals surface area contributed by atoms with Gasteiger partial charge in [0.05, 0.1) is 0 Å². The molecule has 0 aliphatic heterocycles. The summed E-state index contributed by atoms with van der Waals surface area (Å²) in [7, 11) is 0. The minimum Gasteiger partial charge on any atom is -0.480 e. The third kappa shape index (κ3) is 6.86. The maximum absolute atomic E-state index is 10.7. The number of aliphatic carboxylic acids is 1.